The van der Waals surface area contributed by atoms with E-state index in [1.165, 1.54) is 276 Å². The molecule has 0 saturated heterocycles. The first-order chi connectivity index (χ1) is 50.5. The highest BCUT2D eigenvalue weighted by Crippen LogP contribution is 2.45. The number of hydrogen-bond acceptors (Lipinski definition) is 15. The molecular formula is C85H166O17P2. The molecule has 0 saturated carbocycles. The van der Waals surface area contributed by atoms with Gasteiger partial charge in [0.05, 0.1) is 26.4 Å². The van der Waals surface area contributed by atoms with Crippen molar-refractivity contribution in [1.29, 1.82) is 0 Å². The second kappa shape index (κ2) is 77.8. The smallest absolute Gasteiger partial charge is 0.462 e. The first-order valence-corrected chi connectivity index (χ1v) is 47.1. The molecule has 0 fully saturated rings. The van der Waals surface area contributed by atoms with Crippen molar-refractivity contribution < 1.29 is 80.2 Å². The lowest BCUT2D eigenvalue weighted by molar-refractivity contribution is -0.161. The zero-order valence-electron chi connectivity index (χ0n) is 68.2. The van der Waals surface area contributed by atoms with Crippen LogP contribution in [0.25, 0.3) is 0 Å². The molecule has 0 bridgehead atoms. The van der Waals surface area contributed by atoms with Gasteiger partial charge in [-0.1, -0.05) is 407 Å². The van der Waals surface area contributed by atoms with Crippen molar-refractivity contribution >= 4 is 39.5 Å². The van der Waals surface area contributed by atoms with Crippen molar-refractivity contribution in [3.8, 4) is 0 Å². The molecule has 2 unspecified atom stereocenters. The summed E-state index contributed by atoms with van der Waals surface area (Å²) in [4.78, 5) is 72.9. The van der Waals surface area contributed by atoms with E-state index in [4.69, 9.17) is 37.0 Å². The summed E-state index contributed by atoms with van der Waals surface area (Å²) in [5, 5.41) is 10.6. The molecule has 0 aliphatic heterocycles. The van der Waals surface area contributed by atoms with Crippen LogP contribution in [0.4, 0.5) is 0 Å². The van der Waals surface area contributed by atoms with E-state index in [1.54, 1.807) is 0 Å². The van der Waals surface area contributed by atoms with Crippen molar-refractivity contribution in [2.24, 2.45) is 5.92 Å². The van der Waals surface area contributed by atoms with Gasteiger partial charge in [0, 0.05) is 25.7 Å². The Morgan fingerprint density at radius 1 is 0.260 bits per heavy atom. The number of phosphoric ester groups is 2. The lowest BCUT2D eigenvalue weighted by Gasteiger charge is -2.21. The fraction of sp³-hybridized carbons (Fsp3) is 0.953. The second-order valence-electron chi connectivity index (χ2n) is 31.1. The number of phosphoric acid groups is 2. The minimum atomic E-state index is -4.96. The molecule has 0 rings (SSSR count). The fourth-order valence-corrected chi connectivity index (χ4v) is 14.9. The number of rotatable bonds is 85. The highest BCUT2D eigenvalue weighted by molar-refractivity contribution is 7.47. The summed E-state index contributed by atoms with van der Waals surface area (Å²) in [6.07, 6.45) is 71.5. The lowest BCUT2D eigenvalue weighted by Crippen LogP contribution is -2.30. The molecule has 0 aromatic rings. The summed E-state index contributed by atoms with van der Waals surface area (Å²) in [7, 11) is -9.91. The fourth-order valence-electron chi connectivity index (χ4n) is 13.3. The molecule has 0 amide bonds. The Morgan fingerprint density at radius 3 is 0.654 bits per heavy atom. The second-order valence-corrected chi connectivity index (χ2v) is 34.0. The van der Waals surface area contributed by atoms with Gasteiger partial charge in [0.2, 0.25) is 0 Å². The van der Waals surface area contributed by atoms with Gasteiger partial charge in [0.1, 0.15) is 19.3 Å². The van der Waals surface area contributed by atoms with Crippen molar-refractivity contribution in [3.63, 3.8) is 0 Å². The third kappa shape index (κ3) is 78.2. The lowest BCUT2D eigenvalue weighted by atomic mass is 10.0. The van der Waals surface area contributed by atoms with E-state index in [-0.39, 0.29) is 25.7 Å². The number of carbonyl (C=O) groups is 4. The standard InChI is InChI=1S/C85H166O17P2/c1-6-9-12-15-17-19-21-23-25-27-29-31-33-35-37-42-46-50-54-59-64-69-83(88)96-75-81(102-85(90)71-66-60-55-51-47-43-38-36-34-32-30-28-26-24-22-20-18-16-13-10-7-2)77-100-104(93,94)98-73-79(86)72-97-103(91,92)99-76-80(74-95-82(87)68-63-57-14-11-8-3)101-84(89)70-65-61-56-52-48-44-40-39-41-45-49-53-58-62-67-78(4)5/h78-81,86H,6-77H2,1-5H3,(H,91,92)(H,93,94)/t79-,80+,81+/m0/s1. The number of aliphatic hydroxyl groups excluding tert-OH is 1. The zero-order valence-corrected chi connectivity index (χ0v) is 70.0. The van der Waals surface area contributed by atoms with E-state index >= 15 is 0 Å². The van der Waals surface area contributed by atoms with Crippen molar-refractivity contribution in [2.45, 2.75) is 477 Å². The molecular weight excluding hydrogens is 1350 g/mol. The van der Waals surface area contributed by atoms with Gasteiger partial charge in [-0.3, -0.25) is 37.3 Å². The molecule has 0 aromatic carbocycles. The summed E-state index contributed by atoms with van der Waals surface area (Å²) in [6, 6.07) is 0. The minimum absolute atomic E-state index is 0.107. The molecule has 0 aromatic heterocycles. The third-order valence-electron chi connectivity index (χ3n) is 20.0. The van der Waals surface area contributed by atoms with Crippen molar-refractivity contribution in [1.82, 2.24) is 0 Å². The topological polar surface area (TPSA) is 237 Å². The summed E-state index contributed by atoms with van der Waals surface area (Å²) in [6.45, 7) is 7.28. The molecule has 0 aliphatic rings. The molecule has 3 N–H and O–H groups in total. The number of hydrogen-bond donors (Lipinski definition) is 3. The van der Waals surface area contributed by atoms with E-state index < -0.39 is 97.5 Å². The van der Waals surface area contributed by atoms with Gasteiger partial charge < -0.3 is 33.8 Å². The molecule has 19 heteroatoms. The molecule has 618 valence electrons. The highest BCUT2D eigenvalue weighted by atomic mass is 31.2. The van der Waals surface area contributed by atoms with E-state index in [0.717, 1.165) is 102 Å². The van der Waals surface area contributed by atoms with Crippen LogP contribution < -0.4 is 0 Å². The number of ether oxygens (including phenoxy) is 4. The summed E-state index contributed by atoms with van der Waals surface area (Å²) in [5.41, 5.74) is 0. The number of aliphatic hydroxyl groups is 1. The van der Waals surface area contributed by atoms with Gasteiger partial charge in [-0.05, 0) is 31.6 Å². The van der Waals surface area contributed by atoms with Gasteiger partial charge in [-0.15, -0.1) is 0 Å². The summed E-state index contributed by atoms with van der Waals surface area (Å²) < 4.78 is 68.6. The number of unbranched alkanes of at least 4 members (excludes halogenated alkanes) is 57. The quantitative estimate of drug-likeness (QED) is 0.0222. The largest absolute Gasteiger partial charge is 0.472 e. The monoisotopic (exact) mass is 1520 g/mol. The van der Waals surface area contributed by atoms with Crippen LogP contribution in [0.1, 0.15) is 458 Å². The maximum atomic E-state index is 13.1. The van der Waals surface area contributed by atoms with Gasteiger partial charge in [-0.2, -0.15) is 0 Å². The SMILES string of the molecule is CCCCCCCCCCCCCCCCCCCCCCCC(=O)OC[C@H](COP(=O)(O)OC[C@@H](O)COP(=O)(O)OC[C@@H](COC(=O)CCCCCCC)OC(=O)CCCCCCCCCCCCCCCCC(C)C)OC(=O)CCCCCCCCCCCCCCCCCCCCCCC. The molecule has 104 heavy (non-hydrogen) atoms. The molecule has 5 atom stereocenters. The predicted octanol–water partition coefficient (Wildman–Crippen LogP) is 26.0. The Labute approximate surface area is 638 Å². The van der Waals surface area contributed by atoms with Crippen LogP contribution in [0, 0.1) is 5.92 Å². The van der Waals surface area contributed by atoms with Crippen LogP contribution in [0.3, 0.4) is 0 Å². The van der Waals surface area contributed by atoms with Crippen molar-refractivity contribution in [3.05, 3.63) is 0 Å². The van der Waals surface area contributed by atoms with Crippen LogP contribution >= 0.6 is 15.6 Å². The zero-order chi connectivity index (χ0) is 76.2. The van der Waals surface area contributed by atoms with Crippen LogP contribution in [0.2, 0.25) is 0 Å². The Balaban J connectivity index is 5.10. The summed E-state index contributed by atoms with van der Waals surface area (Å²) >= 11 is 0. The maximum absolute atomic E-state index is 13.1. The number of carbonyl (C=O) groups excluding carboxylic acids is 4. The van der Waals surface area contributed by atoms with Crippen LogP contribution in [0.15, 0.2) is 0 Å². The average molecular weight is 1520 g/mol. The van der Waals surface area contributed by atoms with Crippen molar-refractivity contribution in [2.75, 3.05) is 39.6 Å². The Bertz CT molecular complexity index is 1980. The third-order valence-corrected chi connectivity index (χ3v) is 21.9. The van der Waals surface area contributed by atoms with Crippen LogP contribution in [-0.4, -0.2) is 96.7 Å². The normalized spacial score (nSPS) is 13.8. The summed E-state index contributed by atoms with van der Waals surface area (Å²) in [5.74, 6) is -1.32. The minimum Gasteiger partial charge on any atom is -0.462 e. The Kier molecular flexibility index (Phi) is 76.3. The van der Waals surface area contributed by atoms with Crippen LogP contribution in [0.5, 0.6) is 0 Å². The van der Waals surface area contributed by atoms with Gasteiger partial charge in [0.15, 0.2) is 12.2 Å². The average Bonchev–Trinajstić information content (AvgIpc) is 0.913. The first kappa shape index (κ1) is 102. The number of esters is 4. The van der Waals surface area contributed by atoms with E-state index in [9.17, 15) is 43.2 Å². The predicted molar refractivity (Wildman–Crippen MR) is 428 cm³/mol. The Hall–Kier alpha value is -1.94. The first-order valence-electron chi connectivity index (χ1n) is 44.1. The van der Waals surface area contributed by atoms with Gasteiger partial charge in [-0.25, -0.2) is 9.13 Å². The molecule has 0 radical (unpaired) electrons. The Morgan fingerprint density at radius 2 is 0.442 bits per heavy atom. The molecule has 0 heterocycles. The highest BCUT2D eigenvalue weighted by Gasteiger charge is 2.30. The molecule has 0 aliphatic carbocycles. The van der Waals surface area contributed by atoms with Crippen LogP contribution in [-0.2, 0) is 65.4 Å². The van der Waals surface area contributed by atoms with E-state index in [0.29, 0.717) is 25.7 Å². The maximum Gasteiger partial charge on any atom is 0.472 e. The van der Waals surface area contributed by atoms with E-state index in [1.807, 2.05) is 0 Å². The van der Waals surface area contributed by atoms with E-state index in [2.05, 4.69) is 34.6 Å². The molecule has 17 nitrogen and oxygen atoms in total. The van der Waals surface area contributed by atoms with Gasteiger partial charge >= 0.3 is 39.5 Å². The van der Waals surface area contributed by atoms with Gasteiger partial charge in [0.25, 0.3) is 0 Å². The molecule has 0 spiro atoms.